The topological polar surface area (TPSA) is 24.1 Å². The lowest BCUT2D eigenvalue weighted by molar-refractivity contribution is 0.433. The fourth-order valence-corrected chi connectivity index (χ4v) is 3.41. The lowest BCUT2D eigenvalue weighted by atomic mass is 9.90. The van der Waals surface area contributed by atoms with Crippen molar-refractivity contribution in [2.75, 3.05) is 6.54 Å². The fraction of sp³-hybridized carbons (Fsp3) is 0.500. The summed E-state index contributed by atoms with van der Waals surface area (Å²) in [6.07, 6.45) is 18.7. The molecular formula is C20H30N2. The molecule has 1 fully saturated rings. The Labute approximate surface area is 135 Å². The van der Waals surface area contributed by atoms with E-state index < -0.39 is 0 Å². The van der Waals surface area contributed by atoms with Crippen LogP contribution < -0.4 is 10.6 Å². The number of hydrogen-bond acceptors (Lipinski definition) is 2. The molecule has 2 heterocycles. The molecule has 2 heteroatoms. The van der Waals surface area contributed by atoms with Crippen LogP contribution in [0, 0.1) is 0 Å². The SMILES string of the molecule is C=C/C=C(\C=C)CCCCC(=C)NCC[C@@]12C=CC(CC1)N2. The standard InChI is InChI=1S/C20H30N2/c1-4-8-18(5-2)10-7-6-9-17(3)21-16-15-20-13-11-19(22-20)12-14-20/h4-5,8,11,13,19,21-22H,1-3,6-7,9-10,12,14-16H2/b18-8+/t19?,20-/m1/s1. The second kappa shape index (κ2) is 8.19. The van der Waals surface area contributed by atoms with Gasteiger partial charge in [0.05, 0.1) is 0 Å². The molecule has 2 bridgehead atoms. The molecule has 0 aliphatic carbocycles. The molecule has 22 heavy (non-hydrogen) atoms. The van der Waals surface area contributed by atoms with Gasteiger partial charge in [-0.1, -0.05) is 50.1 Å². The van der Waals surface area contributed by atoms with Gasteiger partial charge in [-0.2, -0.15) is 0 Å². The van der Waals surface area contributed by atoms with Gasteiger partial charge in [-0.05, 0) is 50.5 Å². The molecule has 0 spiro atoms. The summed E-state index contributed by atoms with van der Waals surface area (Å²) in [5, 5.41) is 7.19. The first-order valence-corrected chi connectivity index (χ1v) is 8.50. The Hall–Kier alpha value is -1.54. The predicted molar refractivity (Wildman–Crippen MR) is 96.7 cm³/mol. The number of rotatable bonds is 11. The molecule has 0 aromatic carbocycles. The van der Waals surface area contributed by atoms with Crippen molar-refractivity contribution in [3.8, 4) is 0 Å². The summed E-state index contributed by atoms with van der Waals surface area (Å²) in [5.74, 6) is 0. The van der Waals surface area contributed by atoms with Gasteiger partial charge < -0.3 is 10.6 Å². The highest BCUT2D eigenvalue weighted by Crippen LogP contribution is 2.33. The molecule has 2 nitrogen and oxygen atoms in total. The molecule has 1 saturated heterocycles. The van der Waals surface area contributed by atoms with Crippen molar-refractivity contribution >= 4 is 0 Å². The van der Waals surface area contributed by atoms with Crippen molar-refractivity contribution < 1.29 is 0 Å². The lowest BCUT2D eigenvalue weighted by Gasteiger charge is -2.24. The molecule has 2 aliphatic rings. The highest BCUT2D eigenvalue weighted by Gasteiger charge is 2.39. The van der Waals surface area contributed by atoms with Crippen LogP contribution >= 0.6 is 0 Å². The average molecular weight is 298 g/mol. The zero-order valence-electron chi connectivity index (χ0n) is 13.7. The molecule has 0 aromatic heterocycles. The molecule has 0 radical (unpaired) electrons. The third-order valence-corrected chi connectivity index (χ3v) is 4.76. The van der Waals surface area contributed by atoms with E-state index in [0.29, 0.717) is 6.04 Å². The van der Waals surface area contributed by atoms with E-state index in [1.165, 1.54) is 37.0 Å². The van der Waals surface area contributed by atoms with E-state index in [-0.39, 0.29) is 5.54 Å². The third-order valence-electron chi connectivity index (χ3n) is 4.76. The van der Waals surface area contributed by atoms with Gasteiger partial charge in [0.2, 0.25) is 0 Å². The highest BCUT2D eigenvalue weighted by atomic mass is 15.1. The van der Waals surface area contributed by atoms with Crippen LogP contribution in [0.1, 0.15) is 44.9 Å². The Bertz CT molecular complexity index is 472. The van der Waals surface area contributed by atoms with Crippen LogP contribution in [0.25, 0.3) is 0 Å². The number of hydrogen-bond donors (Lipinski definition) is 2. The summed E-state index contributed by atoms with van der Waals surface area (Å²) in [4.78, 5) is 0. The van der Waals surface area contributed by atoms with Gasteiger partial charge in [-0.15, -0.1) is 0 Å². The van der Waals surface area contributed by atoms with Gasteiger partial charge in [-0.25, -0.2) is 0 Å². The minimum absolute atomic E-state index is 0.270. The summed E-state index contributed by atoms with van der Waals surface area (Å²) in [6.45, 7) is 12.7. The van der Waals surface area contributed by atoms with Crippen LogP contribution in [0.4, 0.5) is 0 Å². The van der Waals surface area contributed by atoms with E-state index in [1.807, 2.05) is 18.2 Å². The van der Waals surface area contributed by atoms with Crippen LogP contribution in [-0.4, -0.2) is 18.1 Å². The van der Waals surface area contributed by atoms with E-state index in [2.05, 4.69) is 42.5 Å². The van der Waals surface area contributed by atoms with Crippen molar-refractivity contribution in [3.63, 3.8) is 0 Å². The summed E-state index contributed by atoms with van der Waals surface area (Å²) in [7, 11) is 0. The van der Waals surface area contributed by atoms with Gasteiger partial charge in [0.15, 0.2) is 0 Å². The summed E-state index contributed by atoms with van der Waals surface area (Å²) in [6, 6.07) is 0.630. The predicted octanol–water partition coefficient (Wildman–Crippen LogP) is 4.40. The normalized spacial score (nSPS) is 26.2. The largest absolute Gasteiger partial charge is 0.389 e. The number of unbranched alkanes of at least 4 members (excludes halogenated alkanes) is 1. The molecule has 0 saturated carbocycles. The van der Waals surface area contributed by atoms with E-state index in [0.717, 1.165) is 25.8 Å². The molecule has 0 amide bonds. The van der Waals surface area contributed by atoms with Crippen molar-refractivity contribution in [2.45, 2.75) is 56.5 Å². The quantitative estimate of drug-likeness (QED) is 0.336. The highest BCUT2D eigenvalue weighted by molar-refractivity contribution is 5.23. The number of allylic oxidation sites excluding steroid dienone is 5. The van der Waals surface area contributed by atoms with Crippen LogP contribution in [0.2, 0.25) is 0 Å². The Morgan fingerprint density at radius 3 is 2.73 bits per heavy atom. The second-order valence-electron chi connectivity index (χ2n) is 6.47. The Balaban J connectivity index is 1.55. The zero-order valence-corrected chi connectivity index (χ0v) is 13.7. The number of nitrogens with one attached hydrogen (secondary N) is 2. The summed E-state index contributed by atoms with van der Waals surface area (Å²) in [5.41, 5.74) is 2.70. The van der Waals surface area contributed by atoms with Gasteiger partial charge >= 0.3 is 0 Å². The third kappa shape index (κ3) is 4.74. The van der Waals surface area contributed by atoms with Crippen molar-refractivity contribution in [3.05, 3.63) is 61.4 Å². The number of fused-ring (bicyclic) bond motifs is 2. The van der Waals surface area contributed by atoms with E-state index in [9.17, 15) is 0 Å². The first-order chi connectivity index (χ1) is 10.7. The minimum Gasteiger partial charge on any atom is -0.389 e. The van der Waals surface area contributed by atoms with E-state index in [4.69, 9.17) is 0 Å². The maximum absolute atomic E-state index is 4.15. The van der Waals surface area contributed by atoms with E-state index in [1.54, 1.807) is 0 Å². The average Bonchev–Trinajstić information content (AvgIpc) is 3.11. The first-order valence-electron chi connectivity index (χ1n) is 8.50. The molecule has 2 N–H and O–H groups in total. The molecule has 2 atom stereocenters. The lowest BCUT2D eigenvalue weighted by Crippen LogP contribution is -2.39. The van der Waals surface area contributed by atoms with Crippen LogP contribution in [0.15, 0.2) is 61.4 Å². The fourth-order valence-electron chi connectivity index (χ4n) is 3.41. The van der Waals surface area contributed by atoms with Gasteiger partial charge in [-0.3, -0.25) is 0 Å². The second-order valence-corrected chi connectivity index (χ2v) is 6.47. The molecule has 2 aliphatic heterocycles. The minimum atomic E-state index is 0.270. The first kappa shape index (κ1) is 16.8. The molecule has 2 rings (SSSR count). The van der Waals surface area contributed by atoms with Crippen molar-refractivity contribution in [1.82, 2.24) is 10.6 Å². The summed E-state index contributed by atoms with van der Waals surface area (Å²) >= 11 is 0. The monoisotopic (exact) mass is 298 g/mol. The molecule has 120 valence electrons. The smallest absolute Gasteiger partial charge is 0.0387 e. The van der Waals surface area contributed by atoms with Crippen LogP contribution in [-0.2, 0) is 0 Å². The molecule has 1 unspecified atom stereocenters. The maximum Gasteiger partial charge on any atom is 0.0387 e. The maximum atomic E-state index is 4.15. The Morgan fingerprint density at radius 1 is 1.32 bits per heavy atom. The summed E-state index contributed by atoms with van der Waals surface area (Å²) < 4.78 is 0. The van der Waals surface area contributed by atoms with Crippen LogP contribution in [0.3, 0.4) is 0 Å². The van der Waals surface area contributed by atoms with Gasteiger partial charge in [0.1, 0.15) is 0 Å². The van der Waals surface area contributed by atoms with Gasteiger partial charge in [0.25, 0.3) is 0 Å². The van der Waals surface area contributed by atoms with Gasteiger partial charge in [0, 0.05) is 23.8 Å². The molecule has 0 aromatic rings. The van der Waals surface area contributed by atoms with Crippen LogP contribution in [0.5, 0.6) is 0 Å². The Morgan fingerprint density at radius 2 is 2.14 bits per heavy atom. The molecular weight excluding hydrogens is 268 g/mol. The van der Waals surface area contributed by atoms with Crippen molar-refractivity contribution in [1.29, 1.82) is 0 Å². The zero-order chi connectivity index (χ0) is 15.8. The van der Waals surface area contributed by atoms with E-state index >= 15 is 0 Å². The van der Waals surface area contributed by atoms with Crippen molar-refractivity contribution in [2.24, 2.45) is 0 Å². The Kier molecular flexibility index (Phi) is 6.26.